The van der Waals surface area contributed by atoms with E-state index in [4.69, 9.17) is 5.11 Å². The van der Waals surface area contributed by atoms with Crippen LogP contribution < -0.4 is 21.3 Å². The first kappa shape index (κ1) is 26.1. The molecule has 5 N–H and O–H groups in total. The largest absolute Gasteiger partial charge is 0.481 e. The van der Waals surface area contributed by atoms with E-state index in [9.17, 15) is 19.2 Å². The summed E-state index contributed by atoms with van der Waals surface area (Å²) in [7, 11) is 0. The van der Waals surface area contributed by atoms with E-state index in [2.05, 4.69) is 27.8 Å². The monoisotopic (exact) mass is 466 g/mol. The predicted octanol–water partition coefficient (Wildman–Crippen LogP) is 4.14. The summed E-state index contributed by atoms with van der Waals surface area (Å²) in [5.41, 5.74) is 2.71. The number of rotatable bonds is 11. The van der Waals surface area contributed by atoms with Crippen molar-refractivity contribution in [1.29, 1.82) is 0 Å². The molecule has 9 nitrogen and oxygen atoms in total. The summed E-state index contributed by atoms with van der Waals surface area (Å²) in [4.78, 5) is 47.8. The van der Waals surface area contributed by atoms with Crippen molar-refractivity contribution in [2.24, 2.45) is 5.92 Å². The lowest BCUT2D eigenvalue weighted by atomic mass is 10.0. The molecule has 0 radical (unpaired) electrons. The van der Waals surface area contributed by atoms with Gasteiger partial charge in [-0.05, 0) is 49.2 Å². The van der Waals surface area contributed by atoms with Gasteiger partial charge in [0, 0.05) is 35.4 Å². The number of benzene rings is 2. The SMILES string of the molecule is C=CCC(CC(=O)O)NC(=O)C(C)CC(=O)Nc1ccc(NC(=O)Nc2ccccc2C)cc1. The van der Waals surface area contributed by atoms with E-state index in [0.717, 1.165) is 5.56 Å². The lowest BCUT2D eigenvalue weighted by molar-refractivity contribution is -0.138. The Labute approximate surface area is 198 Å². The van der Waals surface area contributed by atoms with Crippen molar-refractivity contribution >= 4 is 40.9 Å². The number of anilines is 3. The van der Waals surface area contributed by atoms with Gasteiger partial charge in [0.25, 0.3) is 0 Å². The van der Waals surface area contributed by atoms with Crippen molar-refractivity contribution in [3.8, 4) is 0 Å². The number of urea groups is 1. The van der Waals surface area contributed by atoms with Crippen molar-refractivity contribution in [1.82, 2.24) is 5.32 Å². The number of hydrogen-bond acceptors (Lipinski definition) is 4. The number of hydrogen-bond donors (Lipinski definition) is 5. The van der Waals surface area contributed by atoms with Crippen molar-refractivity contribution in [3.05, 3.63) is 66.7 Å². The van der Waals surface area contributed by atoms with E-state index in [1.165, 1.54) is 6.08 Å². The van der Waals surface area contributed by atoms with Crippen LogP contribution in [-0.2, 0) is 14.4 Å². The van der Waals surface area contributed by atoms with Crippen molar-refractivity contribution in [3.63, 3.8) is 0 Å². The fourth-order valence-corrected chi connectivity index (χ4v) is 3.17. The first-order valence-corrected chi connectivity index (χ1v) is 10.8. The van der Waals surface area contributed by atoms with Crippen molar-refractivity contribution in [2.75, 3.05) is 16.0 Å². The molecule has 2 unspecified atom stereocenters. The third kappa shape index (κ3) is 8.78. The van der Waals surface area contributed by atoms with Crippen LogP contribution in [0.4, 0.5) is 21.9 Å². The number of amides is 4. The molecule has 0 fully saturated rings. The highest BCUT2D eigenvalue weighted by Gasteiger charge is 2.21. The lowest BCUT2D eigenvalue weighted by Crippen LogP contribution is -2.40. The molecule has 0 aromatic heterocycles. The maximum atomic E-state index is 12.3. The summed E-state index contributed by atoms with van der Waals surface area (Å²) >= 11 is 0. The summed E-state index contributed by atoms with van der Waals surface area (Å²) < 4.78 is 0. The number of aryl methyl sites for hydroxylation is 1. The highest BCUT2D eigenvalue weighted by Crippen LogP contribution is 2.17. The molecule has 2 aromatic carbocycles. The Morgan fingerprint density at radius 3 is 2.15 bits per heavy atom. The second-order valence-corrected chi connectivity index (χ2v) is 7.95. The number of carboxylic acid groups (broad SMARTS) is 1. The van der Waals surface area contributed by atoms with Crippen LogP contribution in [-0.4, -0.2) is 35.0 Å². The Balaban J connectivity index is 1.84. The van der Waals surface area contributed by atoms with Gasteiger partial charge in [0.2, 0.25) is 11.8 Å². The average molecular weight is 467 g/mol. The summed E-state index contributed by atoms with van der Waals surface area (Å²) in [6.45, 7) is 7.06. The number of carbonyl (C=O) groups is 4. The molecule has 0 aliphatic carbocycles. The second-order valence-electron chi connectivity index (χ2n) is 7.95. The van der Waals surface area contributed by atoms with E-state index >= 15 is 0 Å². The van der Waals surface area contributed by atoms with Crippen LogP contribution in [0, 0.1) is 12.8 Å². The average Bonchev–Trinajstić information content (AvgIpc) is 2.76. The van der Waals surface area contributed by atoms with Gasteiger partial charge < -0.3 is 26.4 Å². The number of carboxylic acids is 1. The highest BCUT2D eigenvalue weighted by atomic mass is 16.4. The second kappa shape index (κ2) is 12.8. The Hall–Kier alpha value is -4.14. The lowest BCUT2D eigenvalue weighted by Gasteiger charge is -2.18. The zero-order valence-electron chi connectivity index (χ0n) is 19.3. The van der Waals surface area contributed by atoms with Crippen LogP contribution in [0.5, 0.6) is 0 Å². The maximum Gasteiger partial charge on any atom is 0.323 e. The Morgan fingerprint density at radius 2 is 1.56 bits per heavy atom. The minimum absolute atomic E-state index is 0.0709. The van der Waals surface area contributed by atoms with Gasteiger partial charge in [0.1, 0.15) is 0 Å². The van der Waals surface area contributed by atoms with Crippen LogP contribution in [0.15, 0.2) is 61.2 Å². The molecular formula is C25H30N4O5. The van der Waals surface area contributed by atoms with E-state index in [1.807, 2.05) is 25.1 Å². The molecule has 34 heavy (non-hydrogen) atoms. The Kier molecular flexibility index (Phi) is 9.82. The van der Waals surface area contributed by atoms with Gasteiger partial charge in [-0.1, -0.05) is 31.2 Å². The summed E-state index contributed by atoms with van der Waals surface area (Å²) in [6.07, 6.45) is 1.56. The van der Waals surface area contributed by atoms with Crippen LogP contribution in [0.25, 0.3) is 0 Å². The van der Waals surface area contributed by atoms with Gasteiger partial charge in [-0.3, -0.25) is 14.4 Å². The molecule has 0 bridgehead atoms. The van der Waals surface area contributed by atoms with Crippen molar-refractivity contribution in [2.45, 2.75) is 39.2 Å². The van der Waals surface area contributed by atoms with Crippen LogP contribution in [0.2, 0.25) is 0 Å². The van der Waals surface area contributed by atoms with E-state index < -0.39 is 23.8 Å². The van der Waals surface area contributed by atoms with Gasteiger partial charge in [-0.15, -0.1) is 6.58 Å². The molecule has 0 saturated heterocycles. The third-order valence-corrected chi connectivity index (χ3v) is 4.98. The summed E-state index contributed by atoms with van der Waals surface area (Å²) in [5.74, 6) is -2.43. The van der Waals surface area contributed by atoms with Gasteiger partial charge >= 0.3 is 12.0 Å². The summed E-state index contributed by atoms with van der Waals surface area (Å²) in [5, 5.41) is 19.8. The van der Waals surface area contributed by atoms with Gasteiger partial charge in [-0.25, -0.2) is 4.79 Å². The first-order chi connectivity index (χ1) is 16.2. The smallest absolute Gasteiger partial charge is 0.323 e. The molecule has 4 amide bonds. The van der Waals surface area contributed by atoms with Gasteiger partial charge in [-0.2, -0.15) is 0 Å². The van der Waals surface area contributed by atoms with Gasteiger partial charge in [0.05, 0.1) is 6.42 Å². The highest BCUT2D eigenvalue weighted by molar-refractivity contribution is 6.00. The Bertz CT molecular complexity index is 1040. The number of carbonyl (C=O) groups excluding carboxylic acids is 3. The number of nitrogens with one attached hydrogen (secondary N) is 4. The van der Waals surface area contributed by atoms with E-state index in [0.29, 0.717) is 23.5 Å². The Morgan fingerprint density at radius 1 is 0.941 bits per heavy atom. The summed E-state index contributed by atoms with van der Waals surface area (Å²) in [6, 6.07) is 13.0. The molecule has 2 aromatic rings. The number of para-hydroxylation sites is 1. The quantitative estimate of drug-likeness (QED) is 0.317. The first-order valence-electron chi connectivity index (χ1n) is 10.8. The van der Waals surface area contributed by atoms with Crippen LogP contribution in [0.3, 0.4) is 0 Å². The fraction of sp³-hybridized carbons (Fsp3) is 0.280. The fourth-order valence-electron chi connectivity index (χ4n) is 3.17. The molecule has 0 aliphatic rings. The third-order valence-electron chi connectivity index (χ3n) is 4.98. The topological polar surface area (TPSA) is 137 Å². The molecule has 9 heteroatoms. The number of aliphatic carboxylic acids is 1. The minimum Gasteiger partial charge on any atom is -0.481 e. The standard InChI is InChI=1S/C25H30N4O5/c1-4-7-20(15-23(31)32)27-24(33)17(3)14-22(30)26-18-10-12-19(13-11-18)28-25(34)29-21-9-6-5-8-16(21)2/h4-6,8-13,17,20H,1,7,14-15H2,2-3H3,(H,26,30)(H,27,33)(H,31,32)(H2,28,29,34). The molecule has 0 heterocycles. The zero-order chi connectivity index (χ0) is 25.1. The molecular weight excluding hydrogens is 436 g/mol. The van der Waals surface area contributed by atoms with Crippen LogP contribution in [0.1, 0.15) is 31.7 Å². The molecule has 2 atom stereocenters. The zero-order valence-corrected chi connectivity index (χ0v) is 19.3. The van der Waals surface area contributed by atoms with E-state index in [-0.39, 0.29) is 24.8 Å². The molecule has 0 aliphatic heterocycles. The van der Waals surface area contributed by atoms with Crippen LogP contribution >= 0.6 is 0 Å². The van der Waals surface area contributed by atoms with Crippen molar-refractivity contribution < 1.29 is 24.3 Å². The molecule has 180 valence electrons. The molecule has 0 saturated carbocycles. The normalized spacial score (nSPS) is 12.1. The predicted molar refractivity (Wildman–Crippen MR) is 132 cm³/mol. The maximum absolute atomic E-state index is 12.3. The van der Waals surface area contributed by atoms with E-state index in [1.54, 1.807) is 37.3 Å². The van der Waals surface area contributed by atoms with Gasteiger partial charge in [0.15, 0.2) is 0 Å². The minimum atomic E-state index is -1.02. The molecule has 0 spiro atoms. The molecule has 2 rings (SSSR count).